The number of halogens is 3. The summed E-state index contributed by atoms with van der Waals surface area (Å²) in [5.74, 6) is -1.00. The van der Waals surface area contributed by atoms with Crippen LogP contribution in [0.3, 0.4) is 0 Å². The number of nitrogens with one attached hydrogen (secondary N) is 1. The van der Waals surface area contributed by atoms with Gasteiger partial charge in [0.15, 0.2) is 0 Å². The number of hydrazone groups is 1. The minimum atomic E-state index is -2.98. The van der Waals surface area contributed by atoms with E-state index < -0.39 is 12.5 Å². The first-order valence-corrected chi connectivity index (χ1v) is 7.54. The molecule has 0 aliphatic rings. The van der Waals surface area contributed by atoms with Gasteiger partial charge in [-0.2, -0.15) is 13.9 Å². The molecule has 0 saturated carbocycles. The quantitative estimate of drug-likeness (QED) is 0.616. The first-order valence-electron chi connectivity index (χ1n) is 7.17. The highest BCUT2D eigenvalue weighted by Gasteiger charge is 2.14. The van der Waals surface area contributed by atoms with Crippen molar-refractivity contribution in [2.24, 2.45) is 5.10 Å². The maximum Gasteiger partial charge on any atom is 0.387 e. The van der Waals surface area contributed by atoms with Crippen molar-refractivity contribution in [3.63, 3.8) is 0 Å². The van der Waals surface area contributed by atoms with E-state index in [0.717, 1.165) is 5.56 Å². The van der Waals surface area contributed by atoms with Crippen molar-refractivity contribution in [1.82, 2.24) is 5.43 Å². The third-order valence-corrected chi connectivity index (χ3v) is 3.50. The van der Waals surface area contributed by atoms with Crippen LogP contribution in [0.4, 0.5) is 8.78 Å². The molecular formula is C17H15ClF2N2O3. The van der Waals surface area contributed by atoms with Gasteiger partial charge in [-0.1, -0.05) is 23.2 Å². The Morgan fingerprint density at radius 3 is 2.64 bits per heavy atom. The second-order valence-corrected chi connectivity index (χ2v) is 5.61. The van der Waals surface area contributed by atoms with Crippen LogP contribution >= 0.6 is 11.6 Å². The summed E-state index contributed by atoms with van der Waals surface area (Å²) in [4.78, 5) is 12.1. The van der Waals surface area contributed by atoms with Crippen molar-refractivity contribution < 1.29 is 23.4 Å². The summed E-state index contributed by atoms with van der Waals surface area (Å²) in [5.41, 5.74) is 3.58. The van der Waals surface area contributed by atoms with Crippen LogP contribution in [-0.4, -0.2) is 23.3 Å². The number of phenols is 1. The Morgan fingerprint density at radius 2 is 1.96 bits per heavy atom. The minimum Gasteiger partial charge on any atom is -0.507 e. The largest absolute Gasteiger partial charge is 0.507 e. The smallest absolute Gasteiger partial charge is 0.387 e. The van der Waals surface area contributed by atoms with Gasteiger partial charge >= 0.3 is 6.61 Å². The van der Waals surface area contributed by atoms with Crippen LogP contribution in [0.25, 0.3) is 0 Å². The fraction of sp³-hybridized carbons (Fsp3) is 0.176. The molecule has 5 nitrogen and oxygen atoms in total. The zero-order chi connectivity index (χ0) is 18.6. The number of carbonyl (C=O) groups is 1. The second kappa shape index (κ2) is 7.94. The monoisotopic (exact) mass is 368 g/mol. The number of benzene rings is 2. The van der Waals surface area contributed by atoms with E-state index in [1.54, 1.807) is 19.1 Å². The van der Waals surface area contributed by atoms with Crippen LogP contribution in [0.15, 0.2) is 41.5 Å². The average Bonchev–Trinajstić information content (AvgIpc) is 2.55. The number of carbonyl (C=O) groups excluding carboxylic acids is 1. The number of ether oxygens (including phenoxy) is 1. The van der Waals surface area contributed by atoms with Crippen LogP contribution in [0.2, 0.25) is 5.02 Å². The van der Waals surface area contributed by atoms with Crippen molar-refractivity contribution >= 4 is 23.2 Å². The highest BCUT2D eigenvalue weighted by Crippen LogP contribution is 2.23. The van der Waals surface area contributed by atoms with Crippen molar-refractivity contribution in [1.29, 1.82) is 0 Å². The fourth-order valence-corrected chi connectivity index (χ4v) is 2.24. The molecule has 2 aromatic carbocycles. The number of hydrogen-bond acceptors (Lipinski definition) is 4. The van der Waals surface area contributed by atoms with Gasteiger partial charge in [0.25, 0.3) is 5.91 Å². The van der Waals surface area contributed by atoms with E-state index in [0.29, 0.717) is 5.56 Å². The standard InChI is InChI=1S/C17H15ClF2N2O3/c1-9-3-6-15(25-17(19)20)12(7-9)10(2)21-22-16(24)13-8-11(18)4-5-14(13)23/h3-8,17,23H,1-2H3,(H,22,24)/b21-10-. The molecule has 2 N–H and O–H groups in total. The molecule has 2 aromatic rings. The molecule has 0 atom stereocenters. The second-order valence-electron chi connectivity index (χ2n) is 5.18. The molecule has 0 aliphatic heterocycles. The lowest BCUT2D eigenvalue weighted by Gasteiger charge is -2.11. The lowest BCUT2D eigenvalue weighted by atomic mass is 10.1. The number of phenolic OH excluding ortho intramolecular Hbond substituents is 1. The molecule has 1 amide bonds. The van der Waals surface area contributed by atoms with Crippen LogP contribution < -0.4 is 10.2 Å². The highest BCUT2D eigenvalue weighted by molar-refractivity contribution is 6.31. The Bertz CT molecular complexity index is 826. The van der Waals surface area contributed by atoms with Crippen LogP contribution in [0.5, 0.6) is 11.5 Å². The van der Waals surface area contributed by atoms with Gasteiger partial charge in [-0.3, -0.25) is 4.79 Å². The van der Waals surface area contributed by atoms with E-state index >= 15 is 0 Å². The van der Waals surface area contributed by atoms with Crippen molar-refractivity contribution in [2.45, 2.75) is 20.5 Å². The van der Waals surface area contributed by atoms with Crippen molar-refractivity contribution in [3.05, 3.63) is 58.1 Å². The molecule has 0 saturated heterocycles. The Balaban J connectivity index is 2.25. The van der Waals surface area contributed by atoms with Crippen molar-refractivity contribution in [3.8, 4) is 11.5 Å². The molecule has 0 fully saturated rings. The summed E-state index contributed by atoms with van der Waals surface area (Å²) in [7, 11) is 0. The van der Waals surface area contributed by atoms with Crippen molar-refractivity contribution in [2.75, 3.05) is 0 Å². The molecule has 0 bridgehead atoms. The highest BCUT2D eigenvalue weighted by atomic mass is 35.5. The van der Waals surface area contributed by atoms with Gasteiger partial charge in [-0.25, -0.2) is 5.43 Å². The Morgan fingerprint density at radius 1 is 1.24 bits per heavy atom. The molecule has 0 aromatic heterocycles. The van der Waals surface area contributed by atoms with E-state index in [1.165, 1.54) is 31.2 Å². The van der Waals surface area contributed by atoms with E-state index in [9.17, 15) is 18.7 Å². The number of nitrogens with zero attached hydrogens (tertiary/aromatic N) is 1. The molecule has 0 heterocycles. The summed E-state index contributed by atoms with van der Waals surface area (Å²) >= 11 is 5.79. The number of aryl methyl sites for hydroxylation is 1. The molecule has 0 spiro atoms. The normalized spacial score (nSPS) is 11.5. The molecule has 0 unspecified atom stereocenters. The number of amides is 1. The number of aromatic hydroxyl groups is 1. The van der Waals surface area contributed by atoms with Gasteiger partial charge < -0.3 is 9.84 Å². The van der Waals surface area contributed by atoms with Gasteiger partial charge in [0.2, 0.25) is 0 Å². The first-order chi connectivity index (χ1) is 11.8. The molecule has 0 aliphatic carbocycles. The van der Waals surface area contributed by atoms with E-state index in [4.69, 9.17) is 11.6 Å². The summed E-state index contributed by atoms with van der Waals surface area (Å²) in [5, 5.41) is 13.9. The molecule has 132 valence electrons. The summed E-state index contributed by atoms with van der Waals surface area (Å²) in [6.45, 7) is 0.337. The van der Waals surface area contributed by atoms with Gasteiger partial charge in [0.1, 0.15) is 11.5 Å². The maximum atomic E-state index is 12.5. The third-order valence-electron chi connectivity index (χ3n) is 3.27. The van der Waals surface area contributed by atoms with E-state index in [2.05, 4.69) is 15.3 Å². The molecule has 2 rings (SSSR count). The predicted octanol–water partition coefficient (Wildman–Crippen LogP) is 4.11. The van der Waals surface area contributed by atoms with E-state index in [1.807, 2.05) is 0 Å². The average molecular weight is 369 g/mol. The predicted molar refractivity (Wildman–Crippen MR) is 90.6 cm³/mol. The zero-order valence-electron chi connectivity index (χ0n) is 13.4. The molecule has 25 heavy (non-hydrogen) atoms. The summed E-state index contributed by atoms with van der Waals surface area (Å²) in [6, 6.07) is 8.64. The zero-order valence-corrected chi connectivity index (χ0v) is 14.1. The van der Waals surface area contributed by atoms with Gasteiger partial charge in [-0.15, -0.1) is 0 Å². The number of hydrogen-bond donors (Lipinski definition) is 2. The summed E-state index contributed by atoms with van der Waals surface area (Å²) < 4.78 is 29.5. The maximum absolute atomic E-state index is 12.5. The number of alkyl halides is 2. The minimum absolute atomic E-state index is 0.0540. The molecular weight excluding hydrogens is 354 g/mol. The first kappa shape index (κ1) is 18.7. The Labute approximate surface area is 147 Å². The van der Waals surface area contributed by atoms with Crippen LogP contribution in [0, 0.1) is 6.92 Å². The SMILES string of the molecule is C/C(=N/NC(=O)c1cc(Cl)ccc1O)c1cc(C)ccc1OC(F)F. The van der Waals surface area contributed by atoms with E-state index in [-0.39, 0.29) is 27.8 Å². The lowest BCUT2D eigenvalue weighted by Crippen LogP contribution is -2.20. The molecule has 0 radical (unpaired) electrons. The number of rotatable bonds is 5. The third kappa shape index (κ3) is 4.90. The van der Waals surface area contributed by atoms with Gasteiger partial charge in [0.05, 0.1) is 11.3 Å². The topological polar surface area (TPSA) is 70.9 Å². The fourth-order valence-electron chi connectivity index (χ4n) is 2.07. The van der Waals surface area contributed by atoms with Crippen LogP contribution in [-0.2, 0) is 0 Å². The molecule has 8 heteroatoms. The summed E-state index contributed by atoms with van der Waals surface area (Å²) in [6.07, 6.45) is 0. The van der Waals surface area contributed by atoms with Gasteiger partial charge in [0, 0.05) is 10.6 Å². The Hall–Kier alpha value is -2.67. The van der Waals surface area contributed by atoms with Crippen LogP contribution in [0.1, 0.15) is 28.4 Å². The lowest BCUT2D eigenvalue weighted by molar-refractivity contribution is -0.0499. The van der Waals surface area contributed by atoms with Gasteiger partial charge in [-0.05, 0) is 44.2 Å². The Kier molecular flexibility index (Phi) is 5.93.